The molecule has 0 amide bonds. The lowest BCUT2D eigenvalue weighted by Crippen LogP contribution is -2.32. The quantitative estimate of drug-likeness (QED) is 0.595. The zero-order chi connectivity index (χ0) is 15.5. The molecular formula is C13H24N4O2S2. The molecule has 0 aliphatic heterocycles. The van der Waals surface area contributed by atoms with E-state index in [-0.39, 0.29) is 9.77 Å². The monoisotopic (exact) mass is 332 g/mol. The SMILES string of the molecule is CCCNCc1c(S(=O)(=O)NCC2(SC)CC2)n[nH]c1C. The van der Waals surface area contributed by atoms with Crippen LogP contribution >= 0.6 is 11.8 Å². The number of sulfonamides is 1. The summed E-state index contributed by atoms with van der Waals surface area (Å²) in [6.07, 6.45) is 5.18. The van der Waals surface area contributed by atoms with Crippen LogP contribution < -0.4 is 10.0 Å². The Kier molecular flexibility index (Phi) is 5.34. The van der Waals surface area contributed by atoms with Crippen LogP contribution in [0.25, 0.3) is 0 Å². The molecule has 0 spiro atoms. The molecule has 120 valence electrons. The van der Waals surface area contributed by atoms with Crippen molar-refractivity contribution in [1.82, 2.24) is 20.2 Å². The molecule has 0 bridgehead atoms. The Labute approximate surface area is 130 Å². The zero-order valence-electron chi connectivity index (χ0n) is 12.8. The van der Waals surface area contributed by atoms with Gasteiger partial charge in [-0.3, -0.25) is 5.10 Å². The van der Waals surface area contributed by atoms with Crippen LogP contribution in [-0.2, 0) is 16.6 Å². The van der Waals surface area contributed by atoms with Crippen molar-refractivity contribution in [2.45, 2.75) is 49.4 Å². The second kappa shape index (κ2) is 6.68. The number of nitrogens with one attached hydrogen (secondary N) is 3. The van der Waals surface area contributed by atoms with E-state index in [1.807, 2.05) is 13.2 Å². The van der Waals surface area contributed by atoms with E-state index in [4.69, 9.17) is 0 Å². The van der Waals surface area contributed by atoms with Crippen LogP contribution in [0.4, 0.5) is 0 Å². The first-order chi connectivity index (χ1) is 9.94. The smallest absolute Gasteiger partial charge is 0.260 e. The van der Waals surface area contributed by atoms with Crippen LogP contribution in [0, 0.1) is 6.92 Å². The van der Waals surface area contributed by atoms with Crippen LogP contribution in [0.15, 0.2) is 5.03 Å². The fraction of sp³-hybridized carbons (Fsp3) is 0.769. The van der Waals surface area contributed by atoms with Gasteiger partial charge in [0.2, 0.25) is 0 Å². The summed E-state index contributed by atoms with van der Waals surface area (Å²) in [5, 5.41) is 10.1. The summed E-state index contributed by atoms with van der Waals surface area (Å²) in [6.45, 7) is 5.77. The van der Waals surface area contributed by atoms with E-state index in [1.54, 1.807) is 11.8 Å². The van der Waals surface area contributed by atoms with Crippen molar-refractivity contribution in [1.29, 1.82) is 0 Å². The van der Waals surface area contributed by atoms with E-state index >= 15 is 0 Å². The Morgan fingerprint density at radius 2 is 2.14 bits per heavy atom. The summed E-state index contributed by atoms with van der Waals surface area (Å²) >= 11 is 1.73. The van der Waals surface area contributed by atoms with Gasteiger partial charge in [0, 0.05) is 29.1 Å². The predicted molar refractivity (Wildman–Crippen MR) is 86.0 cm³/mol. The Hall–Kier alpha value is -0.570. The summed E-state index contributed by atoms with van der Waals surface area (Å²) < 4.78 is 27.7. The number of thioether (sulfide) groups is 1. The molecule has 0 atom stereocenters. The van der Waals surface area contributed by atoms with E-state index in [9.17, 15) is 8.42 Å². The fourth-order valence-electron chi connectivity index (χ4n) is 2.14. The van der Waals surface area contributed by atoms with Crippen molar-refractivity contribution in [2.24, 2.45) is 0 Å². The van der Waals surface area contributed by atoms with Crippen LogP contribution in [0.1, 0.15) is 37.4 Å². The highest BCUT2D eigenvalue weighted by Gasteiger charge is 2.43. The summed E-state index contributed by atoms with van der Waals surface area (Å²) in [5.41, 5.74) is 1.52. The van der Waals surface area contributed by atoms with Gasteiger partial charge in [0.1, 0.15) is 0 Å². The molecule has 2 rings (SSSR count). The van der Waals surface area contributed by atoms with Crippen LogP contribution in [-0.4, -0.2) is 42.7 Å². The molecule has 6 nitrogen and oxygen atoms in total. The molecule has 1 heterocycles. The molecule has 1 aliphatic carbocycles. The number of rotatable bonds is 9. The average Bonchev–Trinajstić information content (AvgIpc) is 3.15. The van der Waals surface area contributed by atoms with Gasteiger partial charge in [-0.15, -0.1) is 0 Å². The molecule has 21 heavy (non-hydrogen) atoms. The lowest BCUT2D eigenvalue weighted by atomic mass is 10.2. The summed E-state index contributed by atoms with van der Waals surface area (Å²) in [7, 11) is -3.56. The van der Waals surface area contributed by atoms with Crippen LogP contribution in [0.3, 0.4) is 0 Å². The van der Waals surface area contributed by atoms with Crippen molar-refractivity contribution in [3.05, 3.63) is 11.3 Å². The minimum absolute atomic E-state index is 0.0963. The molecule has 0 aromatic carbocycles. The number of hydrogen-bond acceptors (Lipinski definition) is 5. The van der Waals surface area contributed by atoms with E-state index in [0.717, 1.165) is 37.1 Å². The third-order valence-electron chi connectivity index (χ3n) is 3.84. The first kappa shape index (κ1) is 16.8. The number of hydrogen-bond donors (Lipinski definition) is 3. The second-order valence-corrected chi connectivity index (χ2v) is 8.48. The Morgan fingerprint density at radius 1 is 1.43 bits per heavy atom. The predicted octanol–water partition coefficient (Wildman–Crippen LogP) is 1.39. The van der Waals surface area contributed by atoms with E-state index in [1.165, 1.54) is 0 Å². The Morgan fingerprint density at radius 3 is 2.71 bits per heavy atom. The zero-order valence-corrected chi connectivity index (χ0v) is 14.5. The third kappa shape index (κ3) is 4.00. The van der Waals surface area contributed by atoms with Crippen molar-refractivity contribution < 1.29 is 8.42 Å². The first-order valence-electron chi connectivity index (χ1n) is 7.23. The lowest BCUT2D eigenvalue weighted by Gasteiger charge is -2.13. The van der Waals surface area contributed by atoms with Gasteiger partial charge in [0.15, 0.2) is 5.03 Å². The molecule has 0 unspecified atom stereocenters. The van der Waals surface area contributed by atoms with Crippen LogP contribution in [0.5, 0.6) is 0 Å². The molecule has 8 heteroatoms. The van der Waals surface area contributed by atoms with Crippen molar-refractivity contribution >= 4 is 21.8 Å². The molecule has 0 radical (unpaired) electrons. The summed E-state index contributed by atoms with van der Waals surface area (Å²) in [4.78, 5) is 0. The molecule has 1 saturated carbocycles. The van der Waals surface area contributed by atoms with Gasteiger partial charge in [0.25, 0.3) is 10.0 Å². The number of aromatic nitrogens is 2. The standard InChI is InChI=1S/C13H24N4O2S2/c1-4-7-14-8-11-10(2)16-17-12(11)21(18,19)15-9-13(20-3)5-6-13/h14-15H,4-9H2,1-3H3,(H,16,17). The molecule has 0 saturated heterocycles. The molecule has 1 aromatic rings. The van der Waals surface area contributed by atoms with E-state index in [2.05, 4.69) is 27.2 Å². The Bertz CT molecular complexity index is 579. The van der Waals surface area contributed by atoms with Crippen molar-refractivity contribution in [3.63, 3.8) is 0 Å². The minimum atomic E-state index is -3.56. The van der Waals surface area contributed by atoms with Crippen LogP contribution in [0.2, 0.25) is 0 Å². The number of nitrogens with zero attached hydrogens (tertiary/aromatic N) is 1. The minimum Gasteiger partial charge on any atom is -0.313 e. The van der Waals surface area contributed by atoms with Gasteiger partial charge in [-0.05, 0) is 39.0 Å². The maximum Gasteiger partial charge on any atom is 0.260 e. The molecule has 1 aliphatic rings. The van der Waals surface area contributed by atoms with Gasteiger partial charge in [-0.1, -0.05) is 6.92 Å². The number of H-pyrrole nitrogens is 1. The highest BCUT2D eigenvalue weighted by molar-refractivity contribution is 8.00. The number of aryl methyl sites for hydroxylation is 1. The average molecular weight is 332 g/mol. The lowest BCUT2D eigenvalue weighted by molar-refractivity contribution is 0.572. The second-order valence-electron chi connectivity index (χ2n) is 5.52. The molecule has 1 fully saturated rings. The molecular weight excluding hydrogens is 308 g/mol. The van der Waals surface area contributed by atoms with Gasteiger partial charge < -0.3 is 5.32 Å². The normalized spacial score (nSPS) is 17.1. The fourth-order valence-corrected chi connectivity index (χ4v) is 4.27. The van der Waals surface area contributed by atoms with Gasteiger partial charge in [0.05, 0.1) is 0 Å². The van der Waals surface area contributed by atoms with Gasteiger partial charge >= 0.3 is 0 Å². The summed E-state index contributed by atoms with van der Waals surface area (Å²) in [6, 6.07) is 0. The van der Waals surface area contributed by atoms with E-state index in [0.29, 0.717) is 13.1 Å². The highest BCUT2D eigenvalue weighted by atomic mass is 32.2. The first-order valence-corrected chi connectivity index (χ1v) is 9.94. The molecule has 1 aromatic heterocycles. The van der Waals surface area contributed by atoms with Crippen molar-refractivity contribution in [2.75, 3.05) is 19.3 Å². The third-order valence-corrected chi connectivity index (χ3v) is 6.63. The van der Waals surface area contributed by atoms with Gasteiger partial charge in [-0.25, -0.2) is 13.1 Å². The highest BCUT2D eigenvalue weighted by Crippen LogP contribution is 2.46. The van der Waals surface area contributed by atoms with E-state index < -0.39 is 10.0 Å². The Balaban J connectivity index is 2.08. The topological polar surface area (TPSA) is 86.9 Å². The summed E-state index contributed by atoms with van der Waals surface area (Å²) in [5.74, 6) is 0. The maximum absolute atomic E-state index is 12.5. The van der Waals surface area contributed by atoms with Crippen molar-refractivity contribution in [3.8, 4) is 0 Å². The maximum atomic E-state index is 12.5. The molecule has 3 N–H and O–H groups in total. The largest absolute Gasteiger partial charge is 0.313 e. The van der Waals surface area contributed by atoms with Gasteiger partial charge in [-0.2, -0.15) is 16.9 Å². The number of aromatic amines is 1.